The maximum atomic E-state index is 5.37. The Hall–Kier alpha value is 0.360. The van der Waals surface area contributed by atoms with E-state index in [1.165, 1.54) is 11.8 Å². The van der Waals surface area contributed by atoms with E-state index in [0.29, 0.717) is 10.5 Å². The SMILES string of the molecule is CCN(CC)C(C)SC(N)=[NH2+].Cl.[Cl-]. The highest BCUT2D eigenvalue weighted by Gasteiger charge is 2.13. The van der Waals surface area contributed by atoms with Gasteiger partial charge >= 0.3 is 5.17 Å². The van der Waals surface area contributed by atoms with Crippen molar-refractivity contribution < 1.29 is 17.8 Å². The molecule has 0 saturated heterocycles. The molecule has 0 fully saturated rings. The third-order valence-corrected chi connectivity index (χ3v) is 2.54. The smallest absolute Gasteiger partial charge is 0.301 e. The van der Waals surface area contributed by atoms with Crippen molar-refractivity contribution in [3.05, 3.63) is 0 Å². The molecule has 0 spiro atoms. The minimum Gasteiger partial charge on any atom is -1.00 e. The predicted molar refractivity (Wildman–Crippen MR) is 58.3 cm³/mol. The van der Waals surface area contributed by atoms with Crippen LogP contribution in [0.15, 0.2) is 0 Å². The van der Waals surface area contributed by atoms with E-state index in [9.17, 15) is 0 Å². The second-order valence-corrected chi connectivity index (χ2v) is 3.73. The lowest BCUT2D eigenvalue weighted by Gasteiger charge is -2.23. The van der Waals surface area contributed by atoms with Crippen molar-refractivity contribution >= 4 is 29.3 Å². The maximum absolute atomic E-state index is 5.37. The van der Waals surface area contributed by atoms with E-state index in [-0.39, 0.29) is 24.8 Å². The standard InChI is InChI=1S/C7H17N3S.2ClH/c1-4-10(5-2)6(3)11-7(8)9;;/h6H,4-5H2,1-3H3,(H3,8,9);2*1H. The molecule has 82 valence electrons. The minimum absolute atomic E-state index is 0. The highest BCUT2D eigenvalue weighted by atomic mass is 35.5. The monoisotopic (exact) mass is 247 g/mol. The second kappa shape index (κ2) is 10.4. The summed E-state index contributed by atoms with van der Waals surface area (Å²) in [6.07, 6.45) is 0. The molecule has 0 aliphatic heterocycles. The summed E-state index contributed by atoms with van der Waals surface area (Å²) < 4.78 is 0. The number of halogens is 2. The Morgan fingerprint density at radius 2 is 1.85 bits per heavy atom. The number of amidine groups is 1. The van der Waals surface area contributed by atoms with Crippen LogP contribution >= 0.6 is 24.2 Å². The first-order valence-corrected chi connectivity index (χ1v) is 4.78. The number of hydrogen-bond donors (Lipinski definition) is 2. The van der Waals surface area contributed by atoms with E-state index in [0.717, 1.165) is 13.1 Å². The van der Waals surface area contributed by atoms with E-state index >= 15 is 0 Å². The minimum atomic E-state index is 0. The summed E-state index contributed by atoms with van der Waals surface area (Å²) in [7, 11) is 0. The molecule has 0 aliphatic rings. The second-order valence-electron chi connectivity index (χ2n) is 2.34. The zero-order valence-corrected chi connectivity index (χ0v) is 10.7. The van der Waals surface area contributed by atoms with E-state index < -0.39 is 0 Å². The predicted octanol–water partition coefficient (Wildman–Crippen LogP) is -3.09. The zero-order valence-electron chi connectivity index (χ0n) is 8.29. The lowest BCUT2D eigenvalue weighted by Crippen LogP contribution is -3.00. The van der Waals surface area contributed by atoms with Crippen LogP contribution in [0, 0.1) is 0 Å². The first kappa shape index (κ1) is 19.0. The summed E-state index contributed by atoms with van der Waals surface area (Å²) in [5, 5.41) is 6.20. The molecular weight excluding hydrogens is 229 g/mol. The first-order chi connectivity index (χ1) is 5.11. The van der Waals surface area contributed by atoms with Crippen LogP contribution in [0.4, 0.5) is 0 Å². The molecule has 0 bridgehead atoms. The molecule has 0 aromatic carbocycles. The molecule has 4 N–H and O–H groups in total. The topological polar surface area (TPSA) is 54.8 Å². The molecule has 0 aromatic rings. The number of thioether (sulfide) groups is 1. The van der Waals surface area contributed by atoms with Crippen molar-refractivity contribution in [3.63, 3.8) is 0 Å². The summed E-state index contributed by atoms with van der Waals surface area (Å²) in [5.41, 5.74) is 5.37. The molecule has 0 amide bonds. The fraction of sp³-hybridized carbons (Fsp3) is 0.857. The van der Waals surface area contributed by atoms with Crippen LogP contribution in [0.5, 0.6) is 0 Å². The molecule has 3 nitrogen and oxygen atoms in total. The van der Waals surface area contributed by atoms with Gasteiger partial charge in [-0.05, 0) is 31.8 Å². The molecule has 0 aliphatic carbocycles. The van der Waals surface area contributed by atoms with Gasteiger partial charge in [0.05, 0.1) is 5.37 Å². The quantitative estimate of drug-likeness (QED) is 0.315. The Balaban J connectivity index is -0.000000500. The molecular formula is C7H19Cl2N3S. The summed E-state index contributed by atoms with van der Waals surface area (Å²) in [6, 6.07) is 0. The molecule has 0 radical (unpaired) electrons. The van der Waals surface area contributed by atoms with Crippen LogP contribution in [-0.4, -0.2) is 28.5 Å². The number of rotatable bonds is 4. The van der Waals surface area contributed by atoms with Gasteiger partial charge in [-0.3, -0.25) is 16.0 Å². The molecule has 13 heavy (non-hydrogen) atoms. The van der Waals surface area contributed by atoms with Crippen LogP contribution in [0.1, 0.15) is 20.8 Å². The highest BCUT2D eigenvalue weighted by molar-refractivity contribution is 8.13. The van der Waals surface area contributed by atoms with E-state index in [2.05, 4.69) is 25.7 Å². The summed E-state index contributed by atoms with van der Waals surface area (Å²) in [5.74, 6) is 0. The fourth-order valence-electron chi connectivity index (χ4n) is 1.01. The Bertz CT molecular complexity index is 131. The highest BCUT2D eigenvalue weighted by Crippen LogP contribution is 2.12. The van der Waals surface area contributed by atoms with E-state index in [4.69, 9.17) is 11.1 Å². The van der Waals surface area contributed by atoms with Crippen LogP contribution in [0.2, 0.25) is 0 Å². The van der Waals surface area contributed by atoms with Crippen LogP contribution in [0.25, 0.3) is 0 Å². The van der Waals surface area contributed by atoms with Gasteiger partial charge in [0.25, 0.3) is 0 Å². The largest absolute Gasteiger partial charge is 1.00 e. The average molecular weight is 248 g/mol. The maximum Gasteiger partial charge on any atom is 0.301 e. The third kappa shape index (κ3) is 8.68. The van der Waals surface area contributed by atoms with Crippen molar-refractivity contribution in [1.29, 1.82) is 0 Å². The fourth-order valence-corrected chi connectivity index (χ4v) is 1.85. The van der Waals surface area contributed by atoms with Crippen molar-refractivity contribution in [2.75, 3.05) is 13.1 Å². The van der Waals surface area contributed by atoms with Crippen molar-refractivity contribution in [1.82, 2.24) is 4.90 Å². The van der Waals surface area contributed by atoms with Crippen molar-refractivity contribution in [2.24, 2.45) is 5.73 Å². The van der Waals surface area contributed by atoms with E-state index in [1.807, 2.05) is 0 Å². The number of nitrogens with two attached hydrogens (primary N) is 2. The summed E-state index contributed by atoms with van der Waals surface area (Å²) in [4.78, 5) is 2.30. The molecule has 0 saturated carbocycles. The Labute approximate surface area is 97.1 Å². The lowest BCUT2D eigenvalue weighted by molar-refractivity contribution is -0.110. The molecule has 1 unspecified atom stereocenters. The van der Waals surface area contributed by atoms with E-state index in [1.54, 1.807) is 0 Å². The van der Waals surface area contributed by atoms with Gasteiger partial charge in [0.2, 0.25) is 0 Å². The van der Waals surface area contributed by atoms with Gasteiger partial charge in [0.1, 0.15) is 0 Å². The Morgan fingerprint density at radius 3 is 2.08 bits per heavy atom. The zero-order chi connectivity index (χ0) is 8.85. The summed E-state index contributed by atoms with van der Waals surface area (Å²) in [6.45, 7) is 8.45. The van der Waals surface area contributed by atoms with Gasteiger partial charge in [-0.2, -0.15) is 0 Å². The molecule has 0 rings (SSSR count). The van der Waals surface area contributed by atoms with Gasteiger partial charge in [0.15, 0.2) is 0 Å². The molecule has 1 atom stereocenters. The molecule has 0 aromatic heterocycles. The van der Waals surface area contributed by atoms with Crippen molar-refractivity contribution in [3.8, 4) is 0 Å². The first-order valence-electron chi connectivity index (χ1n) is 3.90. The average Bonchev–Trinajstić information content (AvgIpc) is 1.88. The number of hydrogen-bond acceptors (Lipinski definition) is 2. The van der Waals surface area contributed by atoms with Gasteiger partial charge in [0, 0.05) is 0 Å². The normalized spacial score (nSPS) is 11.4. The van der Waals surface area contributed by atoms with Gasteiger partial charge < -0.3 is 12.4 Å². The molecule has 6 heteroatoms. The summed E-state index contributed by atoms with van der Waals surface area (Å²) >= 11 is 1.51. The number of nitrogens with zero attached hydrogens (tertiary/aromatic N) is 1. The van der Waals surface area contributed by atoms with Gasteiger partial charge in [-0.1, -0.05) is 13.8 Å². The Morgan fingerprint density at radius 1 is 1.46 bits per heavy atom. The molecule has 0 heterocycles. The van der Waals surface area contributed by atoms with Crippen LogP contribution < -0.4 is 23.5 Å². The lowest BCUT2D eigenvalue weighted by atomic mass is 10.5. The van der Waals surface area contributed by atoms with Gasteiger partial charge in [-0.15, -0.1) is 12.4 Å². The van der Waals surface area contributed by atoms with Crippen LogP contribution in [-0.2, 0) is 0 Å². The third-order valence-electron chi connectivity index (χ3n) is 1.63. The van der Waals surface area contributed by atoms with Gasteiger partial charge in [-0.25, -0.2) is 0 Å². The Kier molecular flexibility index (Phi) is 15.3. The van der Waals surface area contributed by atoms with Crippen molar-refractivity contribution in [2.45, 2.75) is 26.1 Å². The van der Waals surface area contributed by atoms with Crippen LogP contribution in [0.3, 0.4) is 0 Å².